The molecule has 0 aromatic carbocycles. The first-order valence-corrected chi connectivity index (χ1v) is 3.19. The van der Waals surface area contributed by atoms with Crippen molar-refractivity contribution >= 4 is 12.4 Å². The van der Waals surface area contributed by atoms with Crippen LogP contribution in [-0.2, 0) is 0 Å². The number of hydrogen-bond donors (Lipinski definition) is 2. The minimum absolute atomic E-state index is 0. The maximum Gasteiger partial charge on any atom is 0.0587 e. The highest BCUT2D eigenvalue weighted by Crippen LogP contribution is 2.12. The molecule has 1 fully saturated rings. The van der Waals surface area contributed by atoms with E-state index in [9.17, 15) is 0 Å². The molecule has 0 radical (unpaired) electrons. The Balaban J connectivity index is 0.000000640. The van der Waals surface area contributed by atoms with Gasteiger partial charge < -0.3 is 10.4 Å². The van der Waals surface area contributed by atoms with Crippen LogP contribution in [-0.4, -0.2) is 24.3 Å². The molecule has 0 bridgehead atoms. The van der Waals surface area contributed by atoms with Crippen LogP contribution in [0.1, 0.15) is 13.3 Å². The van der Waals surface area contributed by atoms with Crippen LogP contribution >= 0.6 is 12.4 Å². The molecule has 1 heterocycles. The average Bonchev–Trinajstić information content (AvgIpc) is 2.14. The lowest BCUT2D eigenvalue weighted by Gasteiger charge is -2.10. The van der Waals surface area contributed by atoms with Crippen LogP contribution in [0.3, 0.4) is 0 Å². The van der Waals surface area contributed by atoms with Crippen molar-refractivity contribution in [1.82, 2.24) is 5.32 Å². The van der Waals surface area contributed by atoms with Crippen molar-refractivity contribution in [2.45, 2.75) is 19.4 Å². The maximum absolute atomic E-state index is 8.67. The van der Waals surface area contributed by atoms with Gasteiger partial charge in [-0.3, -0.25) is 0 Å². The summed E-state index contributed by atoms with van der Waals surface area (Å²) >= 11 is 0. The van der Waals surface area contributed by atoms with Crippen molar-refractivity contribution in [2.24, 2.45) is 5.92 Å². The van der Waals surface area contributed by atoms with E-state index >= 15 is 0 Å². The van der Waals surface area contributed by atoms with Gasteiger partial charge in [0, 0.05) is 6.04 Å². The van der Waals surface area contributed by atoms with E-state index in [1.807, 2.05) is 0 Å². The van der Waals surface area contributed by atoms with Gasteiger partial charge >= 0.3 is 0 Å². The largest absolute Gasteiger partial charge is 0.395 e. The van der Waals surface area contributed by atoms with Crippen molar-refractivity contribution in [3.05, 3.63) is 0 Å². The molecule has 1 aliphatic heterocycles. The van der Waals surface area contributed by atoms with E-state index in [1.54, 1.807) is 0 Å². The lowest BCUT2D eigenvalue weighted by atomic mass is 10.1. The number of halogens is 1. The maximum atomic E-state index is 8.67. The Bertz CT molecular complexity index is 79.5. The Labute approximate surface area is 62.1 Å². The standard InChI is InChI=1S/C6H13NO.ClH/c1-5-2-3-7-6(5)4-8;/h5-8H,2-4H2,1H3;1H. The third kappa shape index (κ3) is 2.12. The summed E-state index contributed by atoms with van der Waals surface area (Å²) in [5.74, 6) is 0.667. The zero-order valence-corrected chi connectivity index (χ0v) is 6.45. The molecule has 2 nitrogen and oxygen atoms in total. The van der Waals surface area contributed by atoms with Crippen LogP contribution in [0.5, 0.6) is 0 Å². The highest BCUT2D eigenvalue weighted by molar-refractivity contribution is 5.85. The van der Waals surface area contributed by atoms with Gasteiger partial charge in [-0.15, -0.1) is 12.4 Å². The van der Waals surface area contributed by atoms with E-state index in [4.69, 9.17) is 5.11 Å². The Morgan fingerprint density at radius 2 is 2.33 bits per heavy atom. The van der Waals surface area contributed by atoms with Gasteiger partial charge in [-0.2, -0.15) is 0 Å². The zero-order valence-electron chi connectivity index (χ0n) is 5.63. The molecule has 0 amide bonds. The summed E-state index contributed by atoms with van der Waals surface area (Å²) in [5, 5.41) is 11.9. The zero-order chi connectivity index (χ0) is 5.98. The molecule has 0 spiro atoms. The SMILES string of the molecule is CC1CCNC1CO.Cl. The second-order valence-electron chi connectivity index (χ2n) is 2.51. The minimum Gasteiger partial charge on any atom is -0.395 e. The second kappa shape index (κ2) is 4.09. The quantitative estimate of drug-likeness (QED) is 0.569. The van der Waals surface area contributed by atoms with Crippen molar-refractivity contribution in [3.63, 3.8) is 0 Å². The van der Waals surface area contributed by atoms with Gasteiger partial charge in [-0.25, -0.2) is 0 Å². The monoisotopic (exact) mass is 151 g/mol. The van der Waals surface area contributed by atoms with Gasteiger partial charge in [0.05, 0.1) is 6.61 Å². The predicted octanol–water partition coefficient (Wildman–Crippen LogP) is 0.398. The molecule has 0 saturated carbocycles. The molecule has 0 aromatic heterocycles. The van der Waals surface area contributed by atoms with Crippen LogP contribution in [0.4, 0.5) is 0 Å². The number of nitrogens with one attached hydrogen (secondary N) is 1. The summed E-state index contributed by atoms with van der Waals surface area (Å²) < 4.78 is 0. The first-order chi connectivity index (χ1) is 3.84. The minimum atomic E-state index is 0. The first kappa shape index (κ1) is 9.21. The van der Waals surface area contributed by atoms with Gasteiger partial charge in [-0.05, 0) is 18.9 Å². The average molecular weight is 152 g/mol. The van der Waals surface area contributed by atoms with Crippen LogP contribution in [0.25, 0.3) is 0 Å². The molecule has 1 rings (SSSR count). The van der Waals surface area contributed by atoms with Crippen molar-refractivity contribution in [3.8, 4) is 0 Å². The molecule has 0 aromatic rings. The van der Waals surface area contributed by atoms with Gasteiger partial charge in [-0.1, -0.05) is 6.92 Å². The molecule has 2 N–H and O–H groups in total. The molecular weight excluding hydrogens is 138 g/mol. The van der Waals surface area contributed by atoms with Gasteiger partial charge in [0.25, 0.3) is 0 Å². The Morgan fingerprint density at radius 1 is 1.67 bits per heavy atom. The third-order valence-electron chi connectivity index (χ3n) is 1.89. The molecule has 2 atom stereocenters. The number of hydrogen-bond acceptors (Lipinski definition) is 2. The highest BCUT2D eigenvalue weighted by Gasteiger charge is 2.20. The summed E-state index contributed by atoms with van der Waals surface area (Å²) in [6, 6.07) is 0.370. The van der Waals surface area contributed by atoms with Gasteiger partial charge in [0.15, 0.2) is 0 Å². The summed E-state index contributed by atoms with van der Waals surface area (Å²) in [6.07, 6.45) is 1.21. The van der Waals surface area contributed by atoms with E-state index < -0.39 is 0 Å². The van der Waals surface area contributed by atoms with Crippen molar-refractivity contribution in [2.75, 3.05) is 13.2 Å². The summed E-state index contributed by atoms with van der Waals surface area (Å²) in [5.41, 5.74) is 0. The van der Waals surface area contributed by atoms with E-state index in [0.29, 0.717) is 18.6 Å². The normalized spacial score (nSPS) is 34.0. The highest BCUT2D eigenvalue weighted by atomic mass is 35.5. The topological polar surface area (TPSA) is 32.3 Å². The second-order valence-corrected chi connectivity index (χ2v) is 2.51. The van der Waals surface area contributed by atoms with Crippen LogP contribution in [0, 0.1) is 5.92 Å². The van der Waals surface area contributed by atoms with Crippen LogP contribution in [0.2, 0.25) is 0 Å². The lowest BCUT2D eigenvalue weighted by Crippen LogP contribution is -2.29. The van der Waals surface area contributed by atoms with Gasteiger partial charge in [0.2, 0.25) is 0 Å². The van der Waals surface area contributed by atoms with Gasteiger partial charge in [0.1, 0.15) is 0 Å². The van der Waals surface area contributed by atoms with E-state index in [1.165, 1.54) is 6.42 Å². The predicted molar refractivity (Wildman–Crippen MR) is 39.9 cm³/mol. The molecule has 3 heteroatoms. The summed E-state index contributed by atoms with van der Waals surface area (Å²) in [4.78, 5) is 0. The number of aliphatic hydroxyl groups is 1. The lowest BCUT2D eigenvalue weighted by molar-refractivity contribution is 0.233. The molecule has 1 aliphatic rings. The van der Waals surface area contributed by atoms with E-state index in [-0.39, 0.29) is 12.4 Å². The fourth-order valence-corrected chi connectivity index (χ4v) is 1.14. The van der Waals surface area contributed by atoms with Crippen molar-refractivity contribution < 1.29 is 5.11 Å². The molecular formula is C6H14ClNO. The summed E-state index contributed by atoms with van der Waals surface area (Å²) in [6.45, 7) is 3.54. The number of aliphatic hydroxyl groups excluding tert-OH is 1. The Morgan fingerprint density at radius 3 is 2.56 bits per heavy atom. The molecule has 1 saturated heterocycles. The van der Waals surface area contributed by atoms with Crippen LogP contribution < -0.4 is 5.32 Å². The molecule has 9 heavy (non-hydrogen) atoms. The van der Waals surface area contributed by atoms with E-state index in [2.05, 4.69) is 12.2 Å². The number of rotatable bonds is 1. The molecule has 0 aliphatic carbocycles. The molecule has 2 unspecified atom stereocenters. The summed E-state index contributed by atoms with van der Waals surface area (Å²) in [7, 11) is 0. The Hall–Kier alpha value is 0.210. The Kier molecular flexibility index (Phi) is 4.19. The third-order valence-corrected chi connectivity index (χ3v) is 1.89. The fraction of sp³-hybridized carbons (Fsp3) is 1.00. The van der Waals surface area contributed by atoms with Crippen LogP contribution in [0.15, 0.2) is 0 Å². The smallest absolute Gasteiger partial charge is 0.0587 e. The van der Waals surface area contributed by atoms with E-state index in [0.717, 1.165) is 6.54 Å². The molecule has 56 valence electrons. The fourth-order valence-electron chi connectivity index (χ4n) is 1.14. The van der Waals surface area contributed by atoms with Crippen molar-refractivity contribution in [1.29, 1.82) is 0 Å². The first-order valence-electron chi connectivity index (χ1n) is 3.19.